The molecule has 18 heavy (non-hydrogen) atoms. The highest BCUT2D eigenvalue weighted by molar-refractivity contribution is 9.10. The summed E-state index contributed by atoms with van der Waals surface area (Å²) in [6, 6.07) is 3.99. The second kappa shape index (κ2) is 4.59. The maximum Gasteiger partial charge on any atom is 0.162 e. The summed E-state index contributed by atoms with van der Waals surface area (Å²) in [7, 11) is 0. The molecule has 1 fully saturated rings. The summed E-state index contributed by atoms with van der Waals surface area (Å²) in [6.45, 7) is 2.07. The fraction of sp³-hybridized carbons (Fsp3) is 0.429. The lowest BCUT2D eigenvalue weighted by atomic mass is 10.1. The van der Waals surface area contributed by atoms with Crippen molar-refractivity contribution in [3.05, 3.63) is 28.2 Å². The fourth-order valence-electron chi connectivity index (χ4n) is 2.07. The minimum absolute atomic E-state index is 0.277. The highest BCUT2D eigenvalue weighted by Crippen LogP contribution is 2.49. The van der Waals surface area contributed by atoms with E-state index in [-0.39, 0.29) is 5.41 Å². The molecule has 0 unspecified atom stereocenters. The molecule has 4 heteroatoms. The summed E-state index contributed by atoms with van der Waals surface area (Å²) in [5.74, 6) is 1.66. The number of nitrogens with two attached hydrogens (primary N) is 1. The molecule has 1 spiro atoms. The first kappa shape index (κ1) is 12.1. The number of ether oxygens (including phenoxy) is 2. The largest absolute Gasteiger partial charge is 0.489 e. The zero-order chi connectivity index (χ0) is 12.6. The minimum Gasteiger partial charge on any atom is -0.489 e. The Morgan fingerprint density at radius 1 is 1.22 bits per heavy atom. The standard InChI is InChI=1S/C14H16BrNO2/c15-11-7-13-12(6-10(11)2-1-5-16)17-8-14(3-4-14)9-18-13/h1-2,6-7H,3-5,8-9,16H2/b2-1+. The Kier molecular flexibility index (Phi) is 3.08. The van der Waals surface area contributed by atoms with Crippen molar-refractivity contribution in [2.75, 3.05) is 19.8 Å². The Hall–Kier alpha value is -1.00. The minimum atomic E-state index is 0.277. The molecule has 0 atom stereocenters. The van der Waals surface area contributed by atoms with Crippen LogP contribution in [0.25, 0.3) is 6.08 Å². The number of hydrogen-bond acceptors (Lipinski definition) is 3. The van der Waals surface area contributed by atoms with E-state index in [1.54, 1.807) is 0 Å². The smallest absolute Gasteiger partial charge is 0.162 e. The monoisotopic (exact) mass is 309 g/mol. The molecule has 96 valence electrons. The molecule has 0 bridgehead atoms. The summed E-state index contributed by atoms with van der Waals surface area (Å²) in [6.07, 6.45) is 6.34. The van der Waals surface area contributed by atoms with E-state index >= 15 is 0 Å². The van der Waals surface area contributed by atoms with Gasteiger partial charge in [-0.1, -0.05) is 28.1 Å². The van der Waals surface area contributed by atoms with Crippen LogP contribution in [0, 0.1) is 5.41 Å². The average molecular weight is 310 g/mol. The summed E-state index contributed by atoms with van der Waals surface area (Å²) < 4.78 is 12.8. The first-order chi connectivity index (χ1) is 8.72. The number of hydrogen-bond donors (Lipinski definition) is 1. The van der Waals surface area contributed by atoms with Crippen molar-refractivity contribution in [1.82, 2.24) is 0 Å². The molecule has 2 N–H and O–H groups in total. The first-order valence-electron chi connectivity index (χ1n) is 6.18. The normalized spacial score (nSPS) is 20.1. The van der Waals surface area contributed by atoms with Crippen molar-refractivity contribution >= 4 is 22.0 Å². The van der Waals surface area contributed by atoms with Gasteiger partial charge in [-0.05, 0) is 30.5 Å². The number of rotatable bonds is 2. The van der Waals surface area contributed by atoms with Gasteiger partial charge in [0, 0.05) is 16.4 Å². The SMILES string of the molecule is NC/C=C/c1cc2c(cc1Br)OCC1(CC1)CO2. The molecular formula is C14H16BrNO2. The second-order valence-electron chi connectivity index (χ2n) is 5.04. The first-order valence-corrected chi connectivity index (χ1v) is 6.97. The quantitative estimate of drug-likeness (QED) is 0.913. The fourth-order valence-corrected chi connectivity index (χ4v) is 2.52. The number of benzene rings is 1. The lowest BCUT2D eigenvalue weighted by molar-refractivity contribution is 0.197. The third-order valence-electron chi connectivity index (χ3n) is 3.52. The second-order valence-corrected chi connectivity index (χ2v) is 5.89. The van der Waals surface area contributed by atoms with Gasteiger partial charge in [0.1, 0.15) is 0 Å². The van der Waals surface area contributed by atoms with Gasteiger partial charge in [0.2, 0.25) is 0 Å². The zero-order valence-corrected chi connectivity index (χ0v) is 11.7. The number of halogens is 1. The van der Waals surface area contributed by atoms with Crippen molar-refractivity contribution in [2.24, 2.45) is 11.1 Å². The van der Waals surface area contributed by atoms with Crippen molar-refractivity contribution in [3.8, 4) is 11.5 Å². The van der Waals surface area contributed by atoms with Crippen LogP contribution in [-0.2, 0) is 0 Å². The van der Waals surface area contributed by atoms with E-state index in [0.717, 1.165) is 34.7 Å². The molecule has 0 aromatic heterocycles. The molecule has 0 saturated heterocycles. The molecule has 3 nitrogen and oxygen atoms in total. The molecule has 0 amide bonds. The van der Waals surface area contributed by atoms with Gasteiger partial charge < -0.3 is 15.2 Å². The molecule has 1 saturated carbocycles. The topological polar surface area (TPSA) is 44.5 Å². The maximum absolute atomic E-state index is 5.89. The van der Waals surface area contributed by atoms with Crippen molar-refractivity contribution in [1.29, 1.82) is 0 Å². The van der Waals surface area contributed by atoms with Crippen LogP contribution in [0.15, 0.2) is 22.7 Å². The molecule has 1 aromatic carbocycles. The van der Waals surface area contributed by atoms with Gasteiger partial charge in [-0.25, -0.2) is 0 Å². The van der Waals surface area contributed by atoms with Crippen molar-refractivity contribution in [2.45, 2.75) is 12.8 Å². The zero-order valence-electron chi connectivity index (χ0n) is 10.1. The third-order valence-corrected chi connectivity index (χ3v) is 4.21. The maximum atomic E-state index is 5.89. The lowest BCUT2D eigenvalue weighted by Crippen LogP contribution is -2.17. The highest BCUT2D eigenvalue weighted by Gasteiger charge is 2.46. The highest BCUT2D eigenvalue weighted by atomic mass is 79.9. The van der Waals surface area contributed by atoms with Crippen molar-refractivity contribution < 1.29 is 9.47 Å². The van der Waals surface area contributed by atoms with E-state index in [1.165, 1.54) is 12.8 Å². The van der Waals surface area contributed by atoms with Crippen LogP contribution in [0.5, 0.6) is 11.5 Å². The Morgan fingerprint density at radius 3 is 2.50 bits per heavy atom. The average Bonchev–Trinajstić information content (AvgIpc) is 3.16. The van der Waals surface area contributed by atoms with Crippen LogP contribution < -0.4 is 15.2 Å². The predicted octanol–water partition coefficient (Wildman–Crippen LogP) is 2.97. The lowest BCUT2D eigenvalue weighted by Gasteiger charge is -2.09. The van der Waals surface area contributed by atoms with E-state index in [1.807, 2.05) is 24.3 Å². The molecule has 1 aromatic rings. The van der Waals surface area contributed by atoms with Gasteiger partial charge in [-0.2, -0.15) is 0 Å². The van der Waals surface area contributed by atoms with Crippen molar-refractivity contribution in [3.63, 3.8) is 0 Å². The molecule has 3 rings (SSSR count). The molecular weight excluding hydrogens is 294 g/mol. The van der Waals surface area contributed by atoms with Crippen LogP contribution in [-0.4, -0.2) is 19.8 Å². The molecule has 1 aliphatic heterocycles. The van der Waals surface area contributed by atoms with Crippen LogP contribution in [0.2, 0.25) is 0 Å². The Balaban J connectivity index is 1.90. The molecule has 0 radical (unpaired) electrons. The predicted molar refractivity (Wildman–Crippen MR) is 74.9 cm³/mol. The van der Waals surface area contributed by atoms with Crippen LogP contribution in [0.4, 0.5) is 0 Å². The third kappa shape index (κ3) is 2.27. The number of fused-ring (bicyclic) bond motifs is 1. The molecule has 2 aliphatic rings. The Labute approximate surface area is 115 Å². The Bertz CT molecular complexity index is 495. The van der Waals surface area contributed by atoms with Gasteiger partial charge in [-0.15, -0.1) is 0 Å². The molecule has 1 heterocycles. The van der Waals surface area contributed by atoms with Gasteiger partial charge in [-0.3, -0.25) is 0 Å². The van der Waals surface area contributed by atoms with E-state index in [0.29, 0.717) is 6.54 Å². The van der Waals surface area contributed by atoms with E-state index < -0.39 is 0 Å². The summed E-state index contributed by atoms with van der Waals surface area (Å²) >= 11 is 3.55. The van der Waals surface area contributed by atoms with Gasteiger partial charge in [0.25, 0.3) is 0 Å². The van der Waals surface area contributed by atoms with Crippen LogP contribution in [0.1, 0.15) is 18.4 Å². The summed E-state index contributed by atoms with van der Waals surface area (Å²) in [4.78, 5) is 0. The van der Waals surface area contributed by atoms with Gasteiger partial charge in [0.15, 0.2) is 11.5 Å². The van der Waals surface area contributed by atoms with Gasteiger partial charge >= 0.3 is 0 Å². The van der Waals surface area contributed by atoms with E-state index in [2.05, 4.69) is 15.9 Å². The van der Waals surface area contributed by atoms with E-state index in [9.17, 15) is 0 Å². The summed E-state index contributed by atoms with van der Waals surface area (Å²) in [5.41, 5.74) is 6.82. The van der Waals surface area contributed by atoms with E-state index in [4.69, 9.17) is 15.2 Å². The molecule has 1 aliphatic carbocycles. The Morgan fingerprint density at radius 2 is 1.89 bits per heavy atom. The van der Waals surface area contributed by atoms with Crippen LogP contribution >= 0.6 is 15.9 Å². The van der Waals surface area contributed by atoms with Crippen LogP contribution in [0.3, 0.4) is 0 Å². The summed E-state index contributed by atoms with van der Waals surface area (Å²) in [5, 5.41) is 0. The van der Waals surface area contributed by atoms with Gasteiger partial charge in [0.05, 0.1) is 13.2 Å².